The maximum atomic E-state index is 12.5. The van der Waals surface area contributed by atoms with E-state index in [1.807, 2.05) is 55.5 Å². The smallest absolute Gasteiger partial charge is 0.231 e. The fraction of sp³-hybridized carbons (Fsp3) is 0.381. The first kappa shape index (κ1) is 17.3. The maximum absolute atomic E-state index is 12.5. The van der Waals surface area contributed by atoms with Gasteiger partial charge in [-0.05, 0) is 74.6 Å². The van der Waals surface area contributed by atoms with Crippen molar-refractivity contribution >= 4 is 11.6 Å². The van der Waals surface area contributed by atoms with Gasteiger partial charge in [0.1, 0.15) is 11.5 Å². The summed E-state index contributed by atoms with van der Waals surface area (Å²) >= 11 is 0. The van der Waals surface area contributed by atoms with Gasteiger partial charge in [0.25, 0.3) is 0 Å². The lowest BCUT2D eigenvalue weighted by atomic mass is 10.00. The first-order valence-electron chi connectivity index (χ1n) is 8.87. The Bertz CT molecular complexity index is 688. The minimum Gasteiger partial charge on any atom is -0.497 e. The van der Waals surface area contributed by atoms with Crippen molar-refractivity contribution in [1.29, 1.82) is 0 Å². The molecule has 0 bridgehead atoms. The van der Waals surface area contributed by atoms with Gasteiger partial charge in [-0.25, -0.2) is 0 Å². The van der Waals surface area contributed by atoms with Crippen molar-refractivity contribution < 1.29 is 14.3 Å². The Morgan fingerprint density at radius 3 is 2.20 bits per heavy atom. The minimum atomic E-state index is -0.236. The molecule has 3 rings (SSSR count). The number of hydrogen-bond donors (Lipinski definition) is 1. The number of benzene rings is 2. The molecule has 1 atom stereocenters. The van der Waals surface area contributed by atoms with E-state index in [1.54, 1.807) is 7.11 Å². The molecule has 2 aromatic rings. The summed E-state index contributed by atoms with van der Waals surface area (Å²) in [6, 6.07) is 15.2. The summed E-state index contributed by atoms with van der Waals surface area (Å²) in [6.07, 6.45) is 5.12. The zero-order valence-corrected chi connectivity index (χ0v) is 14.8. The first-order valence-corrected chi connectivity index (χ1v) is 8.87. The van der Waals surface area contributed by atoms with Crippen molar-refractivity contribution in [3.63, 3.8) is 0 Å². The molecule has 132 valence electrons. The Kier molecular flexibility index (Phi) is 5.59. The number of methoxy groups -OCH3 is 1. The SMILES string of the molecule is COc1ccc(C(C)C(=O)Nc2ccc(OC3CCCC3)cc2)cc1. The van der Waals surface area contributed by atoms with Gasteiger partial charge in [0.2, 0.25) is 5.91 Å². The zero-order chi connectivity index (χ0) is 17.6. The predicted molar refractivity (Wildman–Crippen MR) is 99.4 cm³/mol. The van der Waals surface area contributed by atoms with Gasteiger partial charge in [-0.2, -0.15) is 0 Å². The van der Waals surface area contributed by atoms with E-state index in [0.717, 1.165) is 35.6 Å². The van der Waals surface area contributed by atoms with E-state index in [4.69, 9.17) is 9.47 Å². The molecular formula is C21H25NO3. The molecule has 1 saturated carbocycles. The summed E-state index contributed by atoms with van der Waals surface area (Å²) < 4.78 is 11.1. The topological polar surface area (TPSA) is 47.6 Å². The van der Waals surface area contributed by atoms with Crippen LogP contribution in [0.5, 0.6) is 11.5 Å². The summed E-state index contributed by atoms with van der Waals surface area (Å²) in [6.45, 7) is 1.90. The van der Waals surface area contributed by atoms with E-state index in [0.29, 0.717) is 6.10 Å². The monoisotopic (exact) mass is 339 g/mol. The molecule has 2 aromatic carbocycles. The number of carbonyl (C=O) groups excluding carboxylic acids is 1. The van der Waals surface area contributed by atoms with Crippen LogP contribution in [-0.4, -0.2) is 19.1 Å². The maximum Gasteiger partial charge on any atom is 0.231 e. The fourth-order valence-electron chi connectivity index (χ4n) is 3.11. The van der Waals surface area contributed by atoms with Crippen LogP contribution < -0.4 is 14.8 Å². The summed E-state index contributed by atoms with van der Waals surface area (Å²) in [5.41, 5.74) is 1.74. The highest BCUT2D eigenvalue weighted by molar-refractivity contribution is 5.95. The Balaban J connectivity index is 1.57. The van der Waals surface area contributed by atoms with Gasteiger partial charge in [0, 0.05) is 5.69 Å². The van der Waals surface area contributed by atoms with E-state index >= 15 is 0 Å². The summed E-state index contributed by atoms with van der Waals surface area (Å²) in [5.74, 6) is 1.39. The molecule has 1 fully saturated rings. The number of amides is 1. The van der Waals surface area contributed by atoms with Crippen LogP contribution in [0.3, 0.4) is 0 Å². The van der Waals surface area contributed by atoms with Gasteiger partial charge in [0.15, 0.2) is 0 Å². The number of carbonyl (C=O) groups is 1. The number of rotatable bonds is 6. The van der Waals surface area contributed by atoms with Crippen LogP contribution in [0.1, 0.15) is 44.1 Å². The molecule has 0 radical (unpaired) electrons. The first-order chi connectivity index (χ1) is 12.2. The molecule has 25 heavy (non-hydrogen) atoms. The standard InChI is InChI=1S/C21H25NO3/c1-15(16-7-11-18(24-2)12-8-16)21(23)22-17-9-13-20(14-10-17)25-19-5-3-4-6-19/h7-15,19H,3-6H2,1-2H3,(H,22,23). The second-order valence-corrected chi connectivity index (χ2v) is 6.53. The molecule has 0 aromatic heterocycles. The van der Waals surface area contributed by atoms with Gasteiger partial charge in [-0.15, -0.1) is 0 Å². The van der Waals surface area contributed by atoms with Gasteiger partial charge in [-0.3, -0.25) is 4.79 Å². The highest BCUT2D eigenvalue weighted by atomic mass is 16.5. The van der Waals surface area contributed by atoms with Crippen LogP contribution in [0.2, 0.25) is 0 Å². The molecule has 1 N–H and O–H groups in total. The largest absolute Gasteiger partial charge is 0.497 e. The van der Waals surface area contributed by atoms with E-state index in [-0.39, 0.29) is 11.8 Å². The number of ether oxygens (including phenoxy) is 2. The minimum absolute atomic E-state index is 0.0328. The van der Waals surface area contributed by atoms with E-state index in [1.165, 1.54) is 12.8 Å². The molecule has 1 unspecified atom stereocenters. The van der Waals surface area contributed by atoms with Gasteiger partial charge >= 0.3 is 0 Å². The highest BCUT2D eigenvalue weighted by Gasteiger charge is 2.17. The van der Waals surface area contributed by atoms with Gasteiger partial charge in [-0.1, -0.05) is 12.1 Å². The zero-order valence-electron chi connectivity index (χ0n) is 14.8. The third kappa shape index (κ3) is 4.53. The van der Waals surface area contributed by atoms with E-state index in [2.05, 4.69) is 5.32 Å². The van der Waals surface area contributed by atoms with Crippen molar-refractivity contribution in [2.75, 3.05) is 12.4 Å². The van der Waals surface area contributed by atoms with Crippen molar-refractivity contribution in [2.45, 2.75) is 44.6 Å². The number of hydrogen-bond acceptors (Lipinski definition) is 3. The summed E-state index contributed by atoms with van der Waals surface area (Å²) in [4.78, 5) is 12.5. The Hall–Kier alpha value is -2.49. The van der Waals surface area contributed by atoms with Crippen molar-refractivity contribution in [1.82, 2.24) is 0 Å². The van der Waals surface area contributed by atoms with Crippen LogP contribution in [0, 0.1) is 0 Å². The van der Waals surface area contributed by atoms with Crippen molar-refractivity contribution in [3.05, 3.63) is 54.1 Å². The average Bonchev–Trinajstić information content (AvgIpc) is 3.16. The van der Waals surface area contributed by atoms with Gasteiger partial charge < -0.3 is 14.8 Å². The number of nitrogens with one attached hydrogen (secondary N) is 1. The van der Waals surface area contributed by atoms with Crippen molar-refractivity contribution in [3.8, 4) is 11.5 Å². The molecule has 1 amide bonds. The van der Waals surface area contributed by atoms with Gasteiger partial charge in [0.05, 0.1) is 19.1 Å². The molecule has 4 heteroatoms. The molecule has 0 saturated heterocycles. The second kappa shape index (κ2) is 8.06. The Morgan fingerprint density at radius 1 is 1.00 bits per heavy atom. The van der Waals surface area contributed by atoms with Crippen LogP contribution in [0.4, 0.5) is 5.69 Å². The Labute approximate surface area is 149 Å². The molecule has 0 heterocycles. The van der Waals surface area contributed by atoms with Crippen molar-refractivity contribution in [2.24, 2.45) is 0 Å². The highest BCUT2D eigenvalue weighted by Crippen LogP contribution is 2.26. The quantitative estimate of drug-likeness (QED) is 0.825. The normalized spacial score (nSPS) is 15.6. The lowest BCUT2D eigenvalue weighted by Gasteiger charge is -2.15. The third-order valence-corrected chi connectivity index (χ3v) is 4.74. The third-order valence-electron chi connectivity index (χ3n) is 4.74. The van der Waals surface area contributed by atoms with Crippen LogP contribution in [-0.2, 0) is 4.79 Å². The fourth-order valence-corrected chi connectivity index (χ4v) is 3.11. The summed E-state index contributed by atoms with van der Waals surface area (Å²) in [5, 5.41) is 2.96. The summed E-state index contributed by atoms with van der Waals surface area (Å²) in [7, 11) is 1.63. The van der Waals surface area contributed by atoms with Crippen LogP contribution in [0.15, 0.2) is 48.5 Å². The second-order valence-electron chi connectivity index (χ2n) is 6.53. The lowest BCUT2D eigenvalue weighted by Crippen LogP contribution is -2.18. The van der Waals surface area contributed by atoms with Crippen LogP contribution >= 0.6 is 0 Å². The van der Waals surface area contributed by atoms with Crippen LogP contribution in [0.25, 0.3) is 0 Å². The molecule has 1 aliphatic carbocycles. The molecular weight excluding hydrogens is 314 g/mol. The predicted octanol–water partition coefficient (Wildman–Crippen LogP) is 4.76. The van der Waals surface area contributed by atoms with E-state index < -0.39 is 0 Å². The molecule has 4 nitrogen and oxygen atoms in total. The van der Waals surface area contributed by atoms with E-state index in [9.17, 15) is 4.79 Å². The lowest BCUT2D eigenvalue weighted by molar-refractivity contribution is -0.117. The molecule has 0 aliphatic heterocycles. The number of anilines is 1. The molecule has 0 spiro atoms. The molecule has 1 aliphatic rings. The Morgan fingerprint density at radius 2 is 1.60 bits per heavy atom. The average molecular weight is 339 g/mol.